The number of methoxy groups -OCH3 is 1. The molecular weight excluding hydrogens is 435 g/mol. The Morgan fingerprint density at radius 1 is 1.39 bits per heavy atom. The highest BCUT2D eigenvalue weighted by atomic mass is 19.4. The number of halogens is 3. The molecule has 1 aromatic rings. The van der Waals surface area contributed by atoms with E-state index in [0.717, 1.165) is 44.3 Å². The summed E-state index contributed by atoms with van der Waals surface area (Å²) in [7, 11) is 1.73. The Labute approximate surface area is 192 Å². The Bertz CT molecular complexity index is 921. The molecule has 1 aliphatic heterocycles. The Morgan fingerprint density at radius 3 is 2.64 bits per heavy atom. The van der Waals surface area contributed by atoms with Crippen molar-refractivity contribution < 1.29 is 22.6 Å². The zero-order valence-electron chi connectivity index (χ0n) is 19.2. The number of ether oxygens (including phenoxy) is 2. The minimum atomic E-state index is -4.88. The molecule has 2 heterocycles. The summed E-state index contributed by atoms with van der Waals surface area (Å²) in [5, 5.41) is 12.0. The topological polar surface area (TPSA) is 96.5 Å². The fraction of sp³-hybridized carbons (Fsp3) is 0.652. The molecule has 0 radical (unpaired) electrons. The van der Waals surface area contributed by atoms with E-state index in [-0.39, 0.29) is 23.1 Å². The lowest BCUT2D eigenvalue weighted by molar-refractivity contribution is -0.274. The van der Waals surface area contributed by atoms with Gasteiger partial charge in [-0.25, -0.2) is 4.98 Å². The average molecular weight is 468 g/mol. The van der Waals surface area contributed by atoms with E-state index in [1.54, 1.807) is 13.2 Å². The summed E-state index contributed by atoms with van der Waals surface area (Å²) in [4.78, 5) is 6.33. The van der Waals surface area contributed by atoms with Gasteiger partial charge in [0.15, 0.2) is 11.6 Å². The van der Waals surface area contributed by atoms with E-state index < -0.39 is 12.1 Å². The smallest absolute Gasteiger partial charge is 0.402 e. The average Bonchev–Trinajstić information content (AvgIpc) is 3.21. The number of nitrogen functional groups attached to an aromatic ring is 1. The molecule has 1 saturated heterocycles. The van der Waals surface area contributed by atoms with Gasteiger partial charge in [0.1, 0.15) is 0 Å². The van der Waals surface area contributed by atoms with Crippen LogP contribution in [0.3, 0.4) is 0 Å². The maximum atomic E-state index is 12.7. The van der Waals surface area contributed by atoms with Gasteiger partial charge >= 0.3 is 6.36 Å². The maximum Gasteiger partial charge on any atom is 0.573 e. The van der Waals surface area contributed by atoms with Crippen LogP contribution >= 0.6 is 0 Å². The molecule has 33 heavy (non-hydrogen) atoms. The molecule has 4 N–H and O–H groups in total. The number of aromatic nitrogens is 1. The fourth-order valence-corrected chi connectivity index (χ4v) is 5.64. The zero-order chi connectivity index (χ0) is 24.0. The summed E-state index contributed by atoms with van der Waals surface area (Å²) in [6.07, 6.45) is 1.66. The van der Waals surface area contributed by atoms with Crippen LogP contribution in [0.4, 0.5) is 19.0 Å². The van der Waals surface area contributed by atoms with Crippen LogP contribution in [0.2, 0.25) is 0 Å². The Morgan fingerprint density at radius 2 is 2.09 bits per heavy atom. The van der Waals surface area contributed by atoms with E-state index >= 15 is 0 Å². The summed E-state index contributed by atoms with van der Waals surface area (Å²) in [5.41, 5.74) is 7.08. The standard InChI is InChI=1S/C23H32F3N5O2/c1-13(2)30-18(9-17(27)14-8-19(21(28)29-12-14)33-23(24,25)26)20-15-10-22(11-16(15)20)4-5-31(22)6-7-32-3/h8-9,12-13,15-16,20,27,30H,4-7,10-11H2,1-3H3,(H2,28,29)/b18-9-,27-17?/t15-,16+,20+,22+. The minimum absolute atomic E-state index is 0.0720. The highest BCUT2D eigenvalue weighted by molar-refractivity contribution is 6.07. The van der Waals surface area contributed by atoms with Crippen LogP contribution in [0.15, 0.2) is 24.0 Å². The summed E-state index contributed by atoms with van der Waals surface area (Å²) < 4.78 is 47.2. The number of alkyl halides is 3. The first-order chi connectivity index (χ1) is 15.5. The van der Waals surface area contributed by atoms with Crippen molar-refractivity contribution in [1.82, 2.24) is 15.2 Å². The Kier molecular flexibility index (Phi) is 6.34. The highest BCUT2D eigenvalue weighted by Crippen LogP contribution is 2.67. The van der Waals surface area contributed by atoms with Gasteiger partial charge in [0.05, 0.1) is 12.3 Å². The molecule has 4 atom stereocenters. The van der Waals surface area contributed by atoms with Gasteiger partial charge in [-0.1, -0.05) is 0 Å². The van der Waals surface area contributed by atoms with Crippen molar-refractivity contribution in [3.63, 3.8) is 0 Å². The molecule has 10 heteroatoms. The lowest BCUT2D eigenvalue weighted by atomic mass is 9.78. The molecule has 3 fully saturated rings. The van der Waals surface area contributed by atoms with Crippen molar-refractivity contribution >= 4 is 11.5 Å². The van der Waals surface area contributed by atoms with E-state index in [0.29, 0.717) is 23.3 Å². The Hall–Kier alpha value is -2.33. The van der Waals surface area contributed by atoms with Crippen LogP contribution in [0.25, 0.3) is 0 Å². The monoisotopic (exact) mass is 467 g/mol. The molecule has 0 unspecified atom stereocenters. The second kappa shape index (κ2) is 8.79. The van der Waals surface area contributed by atoms with Crippen LogP contribution in [0.5, 0.6) is 5.75 Å². The highest BCUT2D eigenvalue weighted by Gasteiger charge is 2.65. The number of likely N-dealkylation sites (tertiary alicyclic amines) is 1. The van der Waals surface area contributed by atoms with Crippen molar-refractivity contribution in [1.29, 1.82) is 5.41 Å². The number of anilines is 1. The number of hydrogen-bond acceptors (Lipinski definition) is 7. The van der Waals surface area contributed by atoms with Crippen molar-refractivity contribution in [3.05, 3.63) is 29.6 Å². The van der Waals surface area contributed by atoms with Crippen molar-refractivity contribution in [2.45, 2.75) is 51.1 Å². The number of rotatable bonds is 9. The second-order valence-electron chi connectivity index (χ2n) is 9.68. The molecule has 0 aromatic carbocycles. The first-order valence-corrected chi connectivity index (χ1v) is 11.4. The van der Waals surface area contributed by atoms with Gasteiger partial charge in [0, 0.05) is 55.2 Å². The van der Waals surface area contributed by atoms with Gasteiger partial charge in [-0.2, -0.15) is 0 Å². The molecule has 1 spiro atoms. The normalized spacial score (nSPS) is 29.2. The van der Waals surface area contributed by atoms with Gasteiger partial charge in [-0.05, 0) is 57.1 Å². The quantitative estimate of drug-likeness (QED) is 0.481. The SMILES string of the molecule is COCCN1CC[C@@]12C[C@@H]1[C@H](C2)[C@H]1/C(=C/C(=N)c1cnc(N)c(OC(F)(F)F)c1)NC(C)C. The van der Waals surface area contributed by atoms with Gasteiger partial charge < -0.3 is 25.9 Å². The van der Waals surface area contributed by atoms with E-state index in [4.69, 9.17) is 15.9 Å². The largest absolute Gasteiger partial charge is 0.573 e. The molecule has 3 aliphatic rings. The van der Waals surface area contributed by atoms with E-state index in [2.05, 4.69) is 19.9 Å². The van der Waals surface area contributed by atoms with Crippen molar-refractivity contribution in [2.75, 3.05) is 32.5 Å². The van der Waals surface area contributed by atoms with E-state index in [1.807, 2.05) is 13.8 Å². The lowest BCUT2D eigenvalue weighted by Crippen LogP contribution is -2.60. The van der Waals surface area contributed by atoms with Crippen LogP contribution in [-0.2, 0) is 4.74 Å². The molecular formula is C23H32F3N5O2. The van der Waals surface area contributed by atoms with Gasteiger partial charge in [-0.3, -0.25) is 4.90 Å². The van der Waals surface area contributed by atoms with Crippen LogP contribution in [0.1, 0.15) is 38.7 Å². The van der Waals surface area contributed by atoms with Crippen molar-refractivity contribution in [2.24, 2.45) is 17.8 Å². The number of nitrogens with two attached hydrogens (primary N) is 1. The fourth-order valence-electron chi connectivity index (χ4n) is 5.64. The Balaban J connectivity index is 1.48. The number of pyridine rings is 1. The molecule has 0 bridgehead atoms. The van der Waals surface area contributed by atoms with Crippen molar-refractivity contribution in [3.8, 4) is 5.75 Å². The number of nitrogens with one attached hydrogen (secondary N) is 2. The van der Waals surface area contributed by atoms with Crippen LogP contribution in [-0.4, -0.2) is 60.3 Å². The summed E-state index contributed by atoms with van der Waals surface area (Å²) in [5.74, 6) is 0.510. The molecule has 7 nitrogen and oxygen atoms in total. The predicted molar refractivity (Wildman–Crippen MR) is 119 cm³/mol. The van der Waals surface area contributed by atoms with Gasteiger partial charge in [0.25, 0.3) is 0 Å². The third-order valence-corrected chi connectivity index (χ3v) is 7.18. The van der Waals surface area contributed by atoms with Crippen LogP contribution in [0, 0.1) is 23.2 Å². The number of fused-ring (bicyclic) bond motifs is 1. The molecule has 2 aliphatic carbocycles. The number of allylic oxidation sites excluding steroid dienone is 2. The molecule has 2 saturated carbocycles. The first-order valence-electron chi connectivity index (χ1n) is 11.4. The molecule has 4 rings (SSSR count). The predicted octanol–water partition coefficient (Wildman–Crippen LogP) is 3.56. The first kappa shape index (κ1) is 23.8. The molecule has 0 amide bonds. The summed E-state index contributed by atoms with van der Waals surface area (Å²) in [6.45, 7) is 6.90. The second-order valence-corrected chi connectivity index (χ2v) is 9.68. The van der Waals surface area contributed by atoms with Crippen LogP contribution < -0.4 is 15.8 Å². The number of hydrogen-bond donors (Lipinski definition) is 3. The summed E-state index contributed by atoms with van der Waals surface area (Å²) in [6, 6.07) is 1.29. The summed E-state index contributed by atoms with van der Waals surface area (Å²) >= 11 is 0. The third kappa shape index (κ3) is 4.96. The third-order valence-electron chi connectivity index (χ3n) is 7.18. The van der Waals surface area contributed by atoms with Gasteiger partial charge in [-0.15, -0.1) is 13.2 Å². The van der Waals surface area contributed by atoms with Gasteiger partial charge in [0.2, 0.25) is 0 Å². The minimum Gasteiger partial charge on any atom is -0.402 e. The zero-order valence-corrected chi connectivity index (χ0v) is 19.2. The van der Waals surface area contributed by atoms with E-state index in [1.165, 1.54) is 12.6 Å². The van der Waals surface area contributed by atoms with E-state index in [9.17, 15) is 13.2 Å². The molecule has 1 aromatic heterocycles. The lowest BCUT2D eigenvalue weighted by Gasteiger charge is -2.52. The number of nitrogens with zero attached hydrogens (tertiary/aromatic N) is 2. The molecule has 182 valence electrons. The maximum absolute atomic E-state index is 12.7.